The third-order valence-electron chi connectivity index (χ3n) is 3.65. The SMILES string of the molecule is Cc1cc(S(=O)(=O)NC(C)CN2CCCC2)cc(N)c1Cl. The first-order valence-corrected chi connectivity index (χ1v) is 8.96. The van der Waals surface area contributed by atoms with E-state index in [0.29, 0.717) is 10.6 Å². The number of nitrogen functional groups attached to an aromatic ring is 1. The first kappa shape index (κ1) is 16.5. The summed E-state index contributed by atoms with van der Waals surface area (Å²) in [5.41, 5.74) is 6.69. The third-order valence-corrected chi connectivity index (χ3v) is 5.74. The molecule has 1 heterocycles. The minimum absolute atomic E-state index is 0.148. The molecule has 0 aromatic heterocycles. The predicted octanol–water partition coefficient (Wildman–Crippen LogP) is 1.99. The Hall–Kier alpha value is -0.820. The largest absolute Gasteiger partial charge is 0.397 e. The molecular weight excluding hydrogens is 310 g/mol. The van der Waals surface area contributed by atoms with Crippen LogP contribution in [0.25, 0.3) is 0 Å². The second-order valence-corrected chi connectivity index (χ2v) is 7.77. The number of benzene rings is 1. The maximum atomic E-state index is 12.4. The van der Waals surface area contributed by atoms with Gasteiger partial charge in [0.15, 0.2) is 0 Å². The molecule has 7 heteroatoms. The minimum atomic E-state index is -3.58. The van der Waals surface area contributed by atoms with Crippen molar-refractivity contribution in [2.45, 2.75) is 37.6 Å². The molecule has 0 amide bonds. The van der Waals surface area contributed by atoms with Gasteiger partial charge >= 0.3 is 0 Å². The van der Waals surface area contributed by atoms with Crippen molar-refractivity contribution in [1.29, 1.82) is 0 Å². The highest BCUT2D eigenvalue weighted by Gasteiger charge is 2.21. The van der Waals surface area contributed by atoms with Crippen LogP contribution in [0.5, 0.6) is 0 Å². The summed E-state index contributed by atoms with van der Waals surface area (Å²) in [5.74, 6) is 0. The van der Waals surface area contributed by atoms with Crippen molar-refractivity contribution >= 4 is 27.3 Å². The zero-order valence-electron chi connectivity index (χ0n) is 12.4. The monoisotopic (exact) mass is 331 g/mol. The highest BCUT2D eigenvalue weighted by atomic mass is 35.5. The Morgan fingerprint density at radius 3 is 2.57 bits per heavy atom. The molecule has 3 N–H and O–H groups in total. The quantitative estimate of drug-likeness (QED) is 0.809. The number of hydrogen-bond donors (Lipinski definition) is 2. The molecule has 0 aliphatic carbocycles. The standard InChI is InChI=1S/C14H22ClN3O2S/c1-10-7-12(8-13(16)14(10)15)21(19,20)17-11(2)9-18-5-3-4-6-18/h7-8,11,17H,3-6,9,16H2,1-2H3. The Morgan fingerprint density at radius 2 is 2.00 bits per heavy atom. The van der Waals surface area contributed by atoms with Gasteiger partial charge in [0.25, 0.3) is 0 Å². The fraction of sp³-hybridized carbons (Fsp3) is 0.571. The molecule has 5 nitrogen and oxygen atoms in total. The second kappa shape index (κ2) is 6.52. The highest BCUT2D eigenvalue weighted by Crippen LogP contribution is 2.26. The lowest BCUT2D eigenvalue weighted by atomic mass is 10.2. The number of likely N-dealkylation sites (tertiary alicyclic amines) is 1. The Morgan fingerprint density at radius 1 is 1.38 bits per heavy atom. The fourth-order valence-corrected chi connectivity index (χ4v) is 4.10. The van der Waals surface area contributed by atoms with Gasteiger partial charge in [-0.2, -0.15) is 0 Å². The normalized spacial score (nSPS) is 18.0. The molecule has 1 atom stereocenters. The average molecular weight is 332 g/mol. The van der Waals surface area contributed by atoms with Crippen LogP contribution < -0.4 is 10.5 Å². The summed E-state index contributed by atoms with van der Waals surface area (Å²) >= 11 is 5.97. The molecule has 1 aromatic rings. The smallest absolute Gasteiger partial charge is 0.240 e. The average Bonchev–Trinajstić information content (AvgIpc) is 2.87. The molecule has 2 rings (SSSR count). The first-order chi connectivity index (χ1) is 9.79. The van der Waals surface area contributed by atoms with Gasteiger partial charge in [0.05, 0.1) is 15.6 Å². The molecule has 1 unspecified atom stereocenters. The van der Waals surface area contributed by atoms with Crippen LogP contribution in [0, 0.1) is 6.92 Å². The van der Waals surface area contributed by atoms with E-state index < -0.39 is 10.0 Å². The van der Waals surface area contributed by atoms with Crippen molar-refractivity contribution in [3.63, 3.8) is 0 Å². The van der Waals surface area contributed by atoms with E-state index in [2.05, 4.69) is 9.62 Å². The maximum Gasteiger partial charge on any atom is 0.240 e. The van der Waals surface area contributed by atoms with Crippen molar-refractivity contribution in [2.24, 2.45) is 0 Å². The first-order valence-electron chi connectivity index (χ1n) is 7.10. The fourth-order valence-electron chi connectivity index (χ4n) is 2.64. The van der Waals surface area contributed by atoms with E-state index in [1.54, 1.807) is 13.0 Å². The number of nitrogens with one attached hydrogen (secondary N) is 1. The third kappa shape index (κ3) is 4.10. The van der Waals surface area contributed by atoms with Gasteiger partial charge in [-0.1, -0.05) is 11.6 Å². The molecule has 1 aliphatic rings. The molecule has 1 fully saturated rings. The van der Waals surface area contributed by atoms with Crippen molar-refractivity contribution in [2.75, 3.05) is 25.4 Å². The molecule has 21 heavy (non-hydrogen) atoms. The number of anilines is 1. The number of rotatable bonds is 5. The van der Waals surface area contributed by atoms with Crippen molar-refractivity contribution in [1.82, 2.24) is 9.62 Å². The van der Waals surface area contributed by atoms with Gasteiger partial charge in [0.2, 0.25) is 10.0 Å². The number of aryl methyl sites for hydroxylation is 1. The van der Waals surface area contributed by atoms with Gasteiger partial charge in [0, 0.05) is 12.6 Å². The zero-order chi connectivity index (χ0) is 15.6. The van der Waals surface area contributed by atoms with E-state index in [0.717, 1.165) is 19.6 Å². The molecule has 1 aromatic carbocycles. The Bertz CT molecular complexity index is 590. The lowest BCUT2D eigenvalue weighted by molar-refractivity contribution is 0.313. The lowest BCUT2D eigenvalue weighted by Gasteiger charge is -2.21. The van der Waals surface area contributed by atoms with Crippen LogP contribution in [0.1, 0.15) is 25.3 Å². The van der Waals surface area contributed by atoms with E-state index in [1.165, 1.54) is 18.9 Å². The number of nitrogens with two attached hydrogens (primary N) is 1. The summed E-state index contributed by atoms with van der Waals surface area (Å²) in [5, 5.41) is 0.402. The van der Waals surface area contributed by atoms with Crippen molar-refractivity contribution < 1.29 is 8.42 Å². The Labute approximate surface area is 131 Å². The second-order valence-electron chi connectivity index (χ2n) is 5.67. The van der Waals surface area contributed by atoms with Crippen LogP contribution in [-0.2, 0) is 10.0 Å². The van der Waals surface area contributed by atoms with Crippen LogP contribution in [-0.4, -0.2) is 39.0 Å². The van der Waals surface area contributed by atoms with Crippen molar-refractivity contribution in [3.8, 4) is 0 Å². The van der Waals surface area contributed by atoms with Gasteiger partial charge < -0.3 is 10.6 Å². The lowest BCUT2D eigenvalue weighted by Crippen LogP contribution is -2.41. The number of hydrogen-bond acceptors (Lipinski definition) is 4. The molecular formula is C14H22ClN3O2S. The Balaban J connectivity index is 2.10. The number of sulfonamides is 1. The Kier molecular flexibility index (Phi) is 5.14. The summed E-state index contributed by atoms with van der Waals surface area (Å²) in [6.07, 6.45) is 2.37. The molecule has 118 valence electrons. The van der Waals surface area contributed by atoms with Gasteiger partial charge in [-0.15, -0.1) is 0 Å². The molecule has 0 radical (unpaired) electrons. The van der Waals surface area contributed by atoms with Crippen LogP contribution in [0.3, 0.4) is 0 Å². The molecule has 0 saturated carbocycles. The minimum Gasteiger partial charge on any atom is -0.397 e. The van der Waals surface area contributed by atoms with E-state index in [1.807, 2.05) is 6.92 Å². The van der Waals surface area contributed by atoms with E-state index in [-0.39, 0.29) is 16.6 Å². The van der Waals surface area contributed by atoms with Crippen LogP contribution in [0.2, 0.25) is 5.02 Å². The van der Waals surface area contributed by atoms with Crippen molar-refractivity contribution in [3.05, 3.63) is 22.7 Å². The van der Waals surface area contributed by atoms with E-state index in [4.69, 9.17) is 17.3 Å². The van der Waals surface area contributed by atoms with E-state index in [9.17, 15) is 8.42 Å². The summed E-state index contributed by atoms with van der Waals surface area (Å²) < 4.78 is 27.5. The molecule has 0 spiro atoms. The zero-order valence-corrected chi connectivity index (χ0v) is 14.0. The van der Waals surface area contributed by atoms with E-state index >= 15 is 0 Å². The predicted molar refractivity (Wildman–Crippen MR) is 86.1 cm³/mol. The summed E-state index contributed by atoms with van der Waals surface area (Å²) in [6, 6.07) is 2.80. The summed E-state index contributed by atoms with van der Waals surface area (Å²) in [6.45, 7) is 6.42. The van der Waals surface area contributed by atoms with Gasteiger partial charge in [-0.3, -0.25) is 0 Å². The maximum absolute atomic E-state index is 12.4. The van der Waals surface area contributed by atoms with Gasteiger partial charge in [0.1, 0.15) is 0 Å². The van der Waals surface area contributed by atoms with Crippen LogP contribution in [0.15, 0.2) is 17.0 Å². The summed E-state index contributed by atoms with van der Waals surface area (Å²) in [7, 11) is -3.58. The van der Waals surface area contributed by atoms with Crippen LogP contribution in [0.4, 0.5) is 5.69 Å². The highest BCUT2D eigenvalue weighted by molar-refractivity contribution is 7.89. The molecule has 1 aliphatic heterocycles. The topological polar surface area (TPSA) is 75.4 Å². The van der Waals surface area contributed by atoms with Gasteiger partial charge in [-0.05, 0) is 57.5 Å². The van der Waals surface area contributed by atoms with Gasteiger partial charge in [-0.25, -0.2) is 13.1 Å². The summed E-state index contributed by atoms with van der Waals surface area (Å²) in [4.78, 5) is 2.43. The van der Waals surface area contributed by atoms with Crippen LogP contribution >= 0.6 is 11.6 Å². The number of nitrogens with zero attached hydrogens (tertiary/aromatic N) is 1. The molecule has 0 bridgehead atoms. The number of halogens is 1. The molecule has 1 saturated heterocycles.